The van der Waals surface area contributed by atoms with Crippen molar-refractivity contribution in [3.05, 3.63) is 0 Å². The molecule has 0 aromatic rings. The zero-order valence-electron chi connectivity index (χ0n) is 2.64. The first-order chi connectivity index (χ1) is 1.91. The zero-order chi connectivity index (χ0) is 3.41. The molecule has 0 bridgehead atoms. The van der Waals surface area contributed by atoms with Crippen LogP contribution in [0.25, 0.3) is 0 Å². The standard InChI is InChI=1S/C2H6OS.Co/c3-1-2-4;/h3-4H,1-2H2;. The second-order valence-electron chi connectivity index (χ2n) is 0.447. The monoisotopic (exact) mass is 137 g/mol. The van der Waals surface area contributed by atoms with Gasteiger partial charge in [0.1, 0.15) is 0 Å². The van der Waals surface area contributed by atoms with E-state index in [1.165, 1.54) is 0 Å². The average molecular weight is 137 g/mol. The molecule has 0 aromatic carbocycles. The first-order valence-electron chi connectivity index (χ1n) is 1.13. The van der Waals surface area contributed by atoms with E-state index in [9.17, 15) is 0 Å². The maximum absolute atomic E-state index is 7.80. The molecule has 1 nitrogen and oxygen atoms in total. The van der Waals surface area contributed by atoms with Gasteiger partial charge in [-0.1, -0.05) is 0 Å². The Morgan fingerprint density at radius 2 is 1.80 bits per heavy atom. The van der Waals surface area contributed by atoms with E-state index in [0.717, 1.165) is 0 Å². The summed E-state index contributed by atoms with van der Waals surface area (Å²) in [5, 5.41) is 7.80. The number of rotatable bonds is 1. The number of hydrogen-bond donors (Lipinski definition) is 2. The van der Waals surface area contributed by atoms with Crippen LogP contribution in [0.5, 0.6) is 0 Å². The smallest absolute Gasteiger partial charge is 0.0519 e. The third kappa shape index (κ3) is 11.6. The van der Waals surface area contributed by atoms with Crippen LogP contribution in [0.4, 0.5) is 0 Å². The molecule has 0 heterocycles. The first kappa shape index (κ1) is 9.26. The molecular weight excluding hydrogens is 131 g/mol. The van der Waals surface area contributed by atoms with Crippen LogP contribution in [-0.2, 0) is 16.8 Å². The molecule has 35 valence electrons. The summed E-state index contributed by atoms with van der Waals surface area (Å²) < 4.78 is 0. The molecule has 5 heavy (non-hydrogen) atoms. The molecule has 1 radical (unpaired) electrons. The van der Waals surface area contributed by atoms with Gasteiger partial charge in [0.2, 0.25) is 0 Å². The van der Waals surface area contributed by atoms with Crippen molar-refractivity contribution in [2.45, 2.75) is 0 Å². The van der Waals surface area contributed by atoms with Crippen molar-refractivity contribution >= 4 is 12.6 Å². The van der Waals surface area contributed by atoms with Gasteiger partial charge < -0.3 is 5.11 Å². The van der Waals surface area contributed by atoms with Crippen LogP contribution < -0.4 is 0 Å². The molecule has 0 amide bonds. The fourth-order valence-corrected chi connectivity index (χ4v) is 0. The summed E-state index contributed by atoms with van der Waals surface area (Å²) in [7, 11) is 0. The summed E-state index contributed by atoms with van der Waals surface area (Å²) in [5.74, 6) is 0.569. The van der Waals surface area contributed by atoms with Crippen molar-refractivity contribution in [2.75, 3.05) is 12.4 Å². The third-order valence-corrected chi connectivity index (χ3v) is 0.300. The van der Waals surface area contributed by atoms with Crippen LogP contribution >= 0.6 is 12.6 Å². The number of hydrogen-bond acceptors (Lipinski definition) is 2. The molecule has 0 saturated heterocycles. The van der Waals surface area contributed by atoms with E-state index >= 15 is 0 Å². The molecule has 0 saturated carbocycles. The summed E-state index contributed by atoms with van der Waals surface area (Å²) in [6, 6.07) is 0. The zero-order valence-corrected chi connectivity index (χ0v) is 4.58. The Morgan fingerprint density at radius 3 is 1.80 bits per heavy atom. The van der Waals surface area contributed by atoms with Crippen molar-refractivity contribution in [1.82, 2.24) is 0 Å². The minimum absolute atomic E-state index is 0. The van der Waals surface area contributed by atoms with Gasteiger partial charge in [-0.05, 0) is 0 Å². The molecule has 0 unspecified atom stereocenters. The molecule has 0 aliphatic carbocycles. The predicted molar refractivity (Wildman–Crippen MR) is 20.9 cm³/mol. The van der Waals surface area contributed by atoms with Gasteiger partial charge in [-0.15, -0.1) is 0 Å². The molecule has 0 fully saturated rings. The van der Waals surface area contributed by atoms with Crippen LogP contribution in [0.2, 0.25) is 0 Å². The molecule has 0 rings (SSSR count). The minimum Gasteiger partial charge on any atom is -0.396 e. The van der Waals surface area contributed by atoms with Gasteiger partial charge in [-0.3, -0.25) is 0 Å². The first-order valence-corrected chi connectivity index (χ1v) is 1.76. The summed E-state index contributed by atoms with van der Waals surface area (Å²) in [6.45, 7) is 0.184. The fourth-order valence-electron chi connectivity index (χ4n) is 0. The fraction of sp³-hybridized carbons (Fsp3) is 1.00. The van der Waals surface area contributed by atoms with Crippen molar-refractivity contribution < 1.29 is 21.9 Å². The van der Waals surface area contributed by atoms with E-state index in [1.54, 1.807) is 0 Å². The van der Waals surface area contributed by atoms with Crippen LogP contribution in [0.1, 0.15) is 0 Å². The van der Waals surface area contributed by atoms with Gasteiger partial charge in [0.15, 0.2) is 0 Å². The van der Waals surface area contributed by atoms with E-state index in [1.807, 2.05) is 0 Å². The Morgan fingerprint density at radius 1 is 1.60 bits per heavy atom. The molecular formula is C2H6CoOS. The van der Waals surface area contributed by atoms with Crippen LogP contribution in [0.3, 0.4) is 0 Å². The number of aliphatic hydroxyl groups is 1. The summed E-state index contributed by atoms with van der Waals surface area (Å²) in [4.78, 5) is 0. The average Bonchev–Trinajstić information content (AvgIpc) is 1.37. The Balaban J connectivity index is 0. The van der Waals surface area contributed by atoms with E-state index in [0.29, 0.717) is 5.75 Å². The van der Waals surface area contributed by atoms with Crippen LogP contribution in [0, 0.1) is 0 Å². The molecule has 0 aliphatic rings. The van der Waals surface area contributed by atoms with Crippen molar-refractivity contribution in [2.24, 2.45) is 0 Å². The molecule has 1 N–H and O–H groups in total. The third-order valence-electron chi connectivity index (χ3n) is 0.1000. The number of aliphatic hydroxyl groups excluding tert-OH is 1. The Kier molecular flexibility index (Phi) is 16.4. The van der Waals surface area contributed by atoms with E-state index in [-0.39, 0.29) is 23.4 Å². The minimum atomic E-state index is 0. The van der Waals surface area contributed by atoms with Gasteiger partial charge in [0.25, 0.3) is 0 Å². The van der Waals surface area contributed by atoms with Gasteiger partial charge in [-0.2, -0.15) is 12.6 Å². The maximum atomic E-state index is 7.80. The Labute approximate surface area is 47.4 Å². The van der Waals surface area contributed by atoms with Crippen LogP contribution in [-0.4, -0.2) is 17.5 Å². The quantitative estimate of drug-likeness (QED) is 0.484. The van der Waals surface area contributed by atoms with Crippen molar-refractivity contribution in [1.29, 1.82) is 0 Å². The normalized spacial score (nSPS) is 6.00. The molecule has 0 aromatic heterocycles. The summed E-state index contributed by atoms with van der Waals surface area (Å²) >= 11 is 3.67. The number of thiol groups is 1. The van der Waals surface area contributed by atoms with E-state index < -0.39 is 0 Å². The molecule has 3 heteroatoms. The Hall–Kier alpha value is 0.816. The van der Waals surface area contributed by atoms with Gasteiger partial charge in [0, 0.05) is 22.5 Å². The van der Waals surface area contributed by atoms with E-state index in [4.69, 9.17) is 5.11 Å². The summed E-state index contributed by atoms with van der Waals surface area (Å²) in [6.07, 6.45) is 0. The second kappa shape index (κ2) is 8.84. The molecule has 0 atom stereocenters. The van der Waals surface area contributed by atoms with Gasteiger partial charge >= 0.3 is 0 Å². The van der Waals surface area contributed by atoms with Gasteiger partial charge in [-0.25, -0.2) is 0 Å². The summed E-state index contributed by atoms with van der Waals surface area (Å²) in [5.41, 5.74) is 0. The van der Waals surface area contributed by atoms with Crippen molar-refractivity contribution in [3.8, 4) is 0 Å². The molecule has 0 aliphatic heterocycles. The molecule has 0 spiro atoms. The largest absolute Gasteiger partial charge is 0.396 e. The maximum Gasteiger partial charge on any atom is 0.0519 e. The topological polar surface area (TPSA) is 20.2 Å². The Bertz CT molecular complexity index is 11.6. The van der Waals surface area contributed by atoms with Crippen LogP contribution in [0.15, 0.2) is 0 Å². The second-order valence-corrected chi connectivity index (χ2v) is 0.894. The predicted octanol–water partition coefficient (Wildman–Crippen LogP) is -0.0940. The SMILES string of the molecule is OCCS.[Co]. The van der Waals surface area contributed by atoms with Crippen molar-refractivity contribution in [3.63, 3.8) is 0 Å². The van der Waals surface area contributed by atoms with Gasteiger partial charge in [0.05, 0.1) is 6.61 Å². The van der Waals surface area contributed by atoms with E-state index in [2.05, 4.69) is 12.6 Å².